The summed E-state index contributed by atoms with van der Waals surface area (Å²) in [7, 11) is 0. The van der Waals surface area contributed by atoms with E-state index in [-0.39, 0.29) is 13.2 Å². The molecule has 5 nitrogen and oxygen atoms in total. The molecular formula is C10H22N2O3. The number of nitrogens with two attached hydrogens (primary N) is 1. The molecule has 5 heteroatoms. The fourth-order valence-electron chi connectivity index (χ4n) is 1.02. The predicted octanol–water partition coefficient (Wildman–Crippen LogP) is 0.565. The average Bonchev–Trinajstić information content (AvgIpc) is 2.09. The van der Waals surface area contributed by atoms with Gasteiger partial charge < -0.3 is 20.5 Å². The number of carbonyl (C=O) groups is 1. The number of hydrogen-bond acceptors (Lipinski definition) is 4. The van der Waals surface area contributed by atoms with Gasteiger partial charge in [0.2, 0.25) is 0 Å². The monoisotopic (exact) mass is 218 g/mol. The van der Waals surface area contributed by atoms with Crippen LogP contribution in [0.15, 0.2) is 0 Å². The van der Waals surface area contributed by atoms with E-state index < -0.39 is 11.7 Å². The molecule has 0 aromatic heterocycles. The number of ether oxygens (including phenoxy) is 1. The molecule has 15 heavy (non-hydrogen) atoms. The van der Waals surface area contributed by atoms with E-state index in [1.165, 1.54) is 4.90 Å². The van der Waals surface area contributed by atoms with Gasteiger partial charge in [-0.15, -0.1) is 0 Å². The number of aliphatic hydroxyl groups is 1. The molecule has 0 spiro atoms. The second-order valence-corrected chi connectivity index (χ2v) is 4.33. The molecule has 0 radical (unpaired) electrons. The smallest absolute Gasteiger partial charge is 0.410 e. The number of rotatable bonds is 5. The molecule has 3 N–H and O–H groups in total. The van der Waals surface area contributed by atoms with Crippen molar-refractivity contribution in [1.29, 1.82) is 0 Å². The fourth-order valence-corrected chi connectivity index (χ4v) is 1.02. The number of hydrogen-bond donors (Lipinski definition) is 2. The minimum atomic E-state index is -0.506. The second-order valence-electron chi connectivity index (χ2n) is 4.33. The molecule has 0 aliphatic heterocycles. The van der Waals surface area contributed by atoms with Crippen molar-refractivity contribution < 1.29 is 14.6 Å². The van der Waals surface area contributed by atoms with Crippen LogP contribution in [0.4, 0.5) is 4.79 Å². The highest BCUT2D eigenvalue weighted by molar-refractivity contribution is 5.68. The van der Waals surface area contributed by atoms with E-state index in [1.54, 1.807) is 0 Å². The van der Waals surface area contributed by atoms with Crippen molar-refractivity contribution in [2.45, 2.75) is 32.8 Å². The number of amides is 1. The van der Waals surface area contributed by atoms with Crippen LogP contribution in [-0.2, 0) is 4.74 Å². The molecule has 0 unspecified atom stereocenters. The Morgan fingerprint density at radius 2 is 2.00 bits per heavy atom. The third-order valence-electron chi connectivity index (χ3n) is 1.65. The SMILES string of the molecule is CC(C)(C)OC(=O)N(CCO)CCCN. The summed E-state index contributed by atoms with van der Waals surface area (Å²) in [5, 5.41) is 8.80. The van der Waals surface area contributed by atoms with Crippen LogP contribution in [0.25, 0.3) is 0 Å². The first kappa shape index (κ1) is 14.2. The molecule has 0 fully saturated rings. The Kier molecular flexibility index (Phi) is 6.27. The molecule has 0 aromatic carbocycles. The summed E-state index contributed by atoms with van der Waals surface area (Å²) < 4.78 is 5.18. The van der Waals surface area contributed by atoms with Crippen LogP contribution in [0, 0.1) is 0 Å². The van der Waals surface area contributed by atoms with Crippen molar-refractivity contribution in [3.63, 3.8) is 0 Å². The van der Waals surface area contributed by atoms with Crippen molar-refractivity contribution in [3.05, 3.63) is 0 Å². The Balaban J connectivity index is 4.15. The topological polar surface area (TPSA) is 75.8 Å². The van der Waals surface area contributed by atoms with Crippen LogP contribution in [0.1, 0.15) is 27.2 Å². The van der Waals surface area contributed by atoms with E-state index in [9.17, 15) is 4.79 Å². The molecule has 0 aliphatic carbocycles. The quantitative estimate of drug-likeness (QED) is 0.707. The van der Waals surface area contributed by atoms with Gasteiger partial charge in [0.1, 0.15) is 5.60 Å². The third kappa shape index (κ3) is 7.16. The zero-order valence-corrected chi connectivity index (χ0v) is 9.82. The van der Waals surface area contributed by atoms with E-state index in [2.05, 4.69) is 0 Å². The Morgan fingerprint density at radius 1 is 1.40 bits per heavy atom. The van der Waals surface area contributed by atoms with Crippen molar-refractivity contribution >= 4 is 6.09 Å². The minimum Gasteiger partial charge on any atom is -0.444 e. The van der Waals surface area contributed by atoms with Crippen molar-refractivity contribution in [2.75, 3.05) is 26.2 Å². The van der Waals surface area contributed by atoms with Gasteiger partial charge in [-0.1, -0.05) is 0 Å². The zero-order valence-electron chi connectivity index (χ0n) is 9.82. The second kappa shape index (κ2) is 6.63. The maximum atomic E-state index is 11.6. The Labute approximate surface area is 91.2 Å². The van der Waals surface area contributed by atoms with E-state index in [1.807, 2.05) is 20.8 Å². The molecule has 1 amide bonds. The van der Waals surface area contributed by atoms with Gasteiger partial charge in [0.25, 0.3) is 0 Å². The summed E-state index contributed by atoms with van der Waals surface area (Å²) in [6.45, 7) is 6.69. The summed E-state index contributed by atoms with van der Waals surface area (Å²) >= 11 is 0. The summed E-state index contributed by atoms with van der Waals surface area (Å²) in [6.07, 6.45) is 0.309. The first-order valence-electron chi connectivity index (χ1n) is 5.19. The molecule has 0 saturated heterocycles. The van der Waals surface area contributed by atoms with Gasteiger partial charge >= 0.3 is 6.09 Å². The van der Waals surface area contributed by atoms with Gasteiger partial charge in [-0.05, 0) is 33.7 Å². The third-order valence-corrected chi connectivity index (χ3v) is 1.65. The molecule has 0 atom stereocenters. The molecule has 0 heterocycles. The first-order valence-corrected chi connectivity index (χ1v) is 5.19. The van der Waals surface area contributed by atoms with Crippen molar-refractivity contribution in [1.82, 2.24) is 4.90 Å². The summed E-state index contributed by atoms with van der Waals surface area (Å²) in [5.41, 5.74) is 4.85. The molecule has 90 valence electrons. The molecule has 0 saturated carbocycles. The van der Waals surface area contributed by atoms with Gasteiger partial charge in [-0.3, -0.25) is 0 Å². The van der Waals surface area contributed by atoms with Gasteiger partial charge in [-0.25, -0.2) is 4.79 Å². The van der Waals surface area contributed by atoms with Gasteiger partial charge in [0.05, 0.1) is 6.61 Å². The standard InChI is InChI=1S/C10H22N2O3/c1-10(2,3)15-9(14)12(7-8-13)6-4-5-11/h13H,4-8,11H2,1-3H3. The number of nitrogens with zero attached hydrogens (tertiary/aromatic N) is 1. The van der Waals surface area contributed by atoms with Crippen molar-refractivity contribution in [2.24, 2.45) is 5.73 Å². The lowest BCUT2D eigenvalue weighted by atomic mass is 10.2. The van der Waals surface area contributed by atoms with Crippen LogP contribution >= 0.6 is 0 Å². The summed E-state index contributed by atoms with van der Waals surface area (Å²) in [4.78, 5) is 13.1. The average molecular weight is 218 g/mol. The lowest BCUT2D eigenvalue weighted by Gasteiger charge is -2.26. The lowest BCUT2D eigenvalue weighted by Crippen LogP contribution is -2.39. The highest BCUT2D eigenvalue weighted by Gasteiger charge is 2.21. The van der Waals surface area contributed by atoms with E-state index in [4.69, 9.17) is 15.6 Å². The Bertz CT molecular complexity index is 190. The van der Waals surface area contributed by atoms with Crippen LogP contribution in [-0.4, -0.2) is 47.9 Å². The first-order chi connectivity index (χ1) is 6.90. The highest BCUT2D eigenvalue weighted by atomic mass is 16.6. The molecular weight excluding hydrogens is 196 g/mol. The number of carbonyl (C=O) groups excluding carboxylic acids is 1. The van der Waals surface area contributed by atoms with Gasteiger partial charge in [-0.2, -0.15) is 0 Å². The Hall–Kier alpha value is -0.810. The molecule has 0 aromatic rings. The molecule has 0 rings (SSSR count). The number of aliphatic hydroxyl groups excluding tert-OH is 1. The van der Waals surface area contributed by atoms with Crippen LogP contribution in [0.3, 0.4) is 0 Å². The van der Waals surface area contributed by atoms with Gasteiger partial charge in [0.15, 0.2) is 0 Å². The fraction of sp³-hybridized carbons (Fsp3) is 0.900. The predicted molar refractivity (Wildman–Crippen MR) is 58.6 cm³/mol. The summed E-state index contributed by atoms with van der Waals surface area (Å²) in [6, 6.07) is 0. The summed E-state index contributed by atoms with van der Waals surface area (Å²) in [5.74, 6) is 0. The van der Waals surface area contributed by atoms with Crippen molar-refractivity contribution in [3.8, 4) is 0 Å². The maximum Gasteiger partial charge on any atom is 0.410 e. The van der Waals surface area contributed by atoms with Crippen LogP contribution in [0.2, 0.25) is 0 Å². The van der Waals surface area contributed by atoms with Gasteiger partial charge in [0, 0.05) is 13.1 Å². The van der Waals surface area contributed by atoms with E-state index in [0.717, 1.165) is 0 Å². The highest BCUT2D eigenvalue weighted by Crippen LogP contribution is 2.09. The molecule has 0 bridgehead atoms. The minimum absolute atomic E-state index is 0.0657. The molecule has 0 aliphatic rings. The van der Waals surface area contributed by atoms with Crippen LogP contribution < -0.4 is 5.73 Å². The largest absolute Gasteiger partial charge is 0.444 e. The maximum absolute atomic E-state index is 11.6. The van der Waals surface area contributed by atoms with E-state index >= 15 is 0 Å². The zero-order chi connectivity index (χ0) is 11.9. The Morgan fingerprint density at radius 3 is 2.40 bits per heavy atom. The van der Waals surface area contributed by atoms with Crippen LogP contribution in [0.5, 0.6) is 0 Å². The van der Waals surface area contributed by atoms with E-state index in [0.29, 0.717) is 19.5 Å². The lowest BCUT2D eigenvalue weighted by molar-refractivity contribution is 0.0218. The normalized spacial score (nSPS) is 11.3.